The fourth-order valence-electron chi connectivity index (χ4n) is 2.47. The van der Waals surface area contributed by atoms with Gasteiger partial charge in [0.25, 0.3) is 0 Å². The molecule has 0 aliphatic rings. The molecule has 11 nitrogen and oxygen atoms in total. The third-order valence-corrected chi connectivity index (χ3v) is 4.23. The van der Waals surface area contributed by atoms with Crippen LogP contribution in [0.15, 0.2) is 0 Å². The fraction of sp³-hybridized carbons (Fsp3) is 1.00. The molecule has 0 amide bonds. The Bertz CT molecular complexity index is 389. The lowest BCUT2D eigenvalue weighted by Gasteiger charge is -2.09. The average molecular weight is 529 g/mol. The Labute approximate surface area is 218 Å². The molecule has 0 bridgehead atoms. The second kappa shape index (κ2) is 32.6. The molecule has 0 aromatic rings. The van der Waals surface area contributed by atoms with Crippen molar-refractivity contribution in [3.63, 3.8) is 0 Å². The van der Waals surface area contributed by atoms with Crippen molar-refractivity contribution in [1.29, 1.82) is 0 Å². The van der Waals surface area contributed by atoms with E-state index >= 15 is 0 Å². The van der Waals surface area contributed by atoms with Gasteiger partial charge >= 0.3 is 0 Å². The quantitative estimate of drug-likeness (QED) is 0.119. The molecule has 0 saturated heterocycles. The summed E-state index contributed by atoms with van der Waals surface area (Å²) >= 11 is 0. The first-order chi connectivity index (χ1) is 17.8. The molecule has 0 aromatic carbocycles. The van der Waals surface area contributed by atoms with Crippen LogP contribution in [0.1, 0.15) is 20.8 Å². The normalized spacial score (nSPS) is 11.7. The summed E-state index contributed by atoms with van der Waals surface area (Å²) in [6.07, 6.45) is 0.236. The first-order valence-electron chi connectivity index (χ1n) is 13.2. The van der Waals surface area contributed by atoms with E-state index in [4.69, 9.17) is 52.1 Å². The Morgan fingerprint density at radius 3 is 0.694 bits per heavy atom. The zero-order chi connectivity index (χ0) is 26.2. The molecule has 0 heterocycles. The maximum Gasteiger partial charge on any atom is 0.0703 e. The summed E-state index contributed by atoms with van der Waals surface area (Å²) in [5, 5.41) is 0. The van der Waals surface area contributed by atoms with Crippen molar-refractivity contribution in [1.82, 2.24) is 0 Å². The lowest BCUT2D eigenvalue weighted by atomic mass is 10.5. The van der Waals surface area contributed by atoms with E-state index in [0.29, 0.717) is 139 Å². The maximum atomic E-state index is 5.45. The van der Waals surface area contributed by atoms with Crippen LogP contribution in [0, 0.1) is 0 Å². The summed E-state index contributed by atoms with van der Waals surface area (Å²) in [6.45, 7) is 17.7. The highest BCUT2D eigenvalue weighted by Crippen LogP contribution is 1.88. The molecular weight excluding hydrogens is 476 g/mol. The molecule has 0 fully saturated rings. The molecule has 0 unspecified atom stereocenters. The largest absolute Gasteiger partial charge is 0.379 e. The second-order valence-corrected chi connectivity index (χ2v) is 7.63. The first-order valence-corrected chi connectivity index (χ1v) is 13.2. The minimum Gasteiger partial charge on any atom is -0.379 e. The van der Waals surface area contributed by atoms with Gasteiger partial charge in [-0.25, -0.2) is 0 Å². The minimum atomic E-state index is 0.236. The fourth-order valence-corrected chi connectivity index (χ4v) is 2.47. The molecule has 0 radical (unpaired) electrons. The molecule has 0 rings (SSSR count). The Kier molecular flexibility index (Phi) is 32.2. The van der Waals surface area contributed by atoms with Gasteiger partial charge in [0.15, 0.2) is 0 Å². The van der Waals surface area contributed by atoms with Crippen LogP contribution < -0.4 is 0 Å². The second-order valence-electron chi connectivity index (χ2n) is 7.63. The van der Waals surface area contributed by atoms with Crippen molar-refractivity contribution in [2.45, 2.75) is 26.9 Å². The number of hydrogen-bond acceptors (Lipinski definition) is 11. The summed E-state index contributed by atoms with van der Waals surface area (Å²) in [5.41, 5.74) is 0. The van der Waals surface area contributed by atoms with Gasteiger partial charge in [-0.3, -0.25) is 0 Å². The van der Waals surface area contributed by atoms with E-state index < -0.39 is 0 Å². The Morgan fingerprint density at radius 1 is 0.306 bits per heavy atom. The van der Waals surface area contributed by atoms with Gasteiger partial charge in [0, 0.05) is 6.61 Å². The van der Waals surface area contributed by atoms with Crippen molar-refractivity contribution in [3.8, 4) is 0 Å². The van der Waals surface area contributed by atoms with E-state index in [1.54, 1.807) is 0 Å². The summed E-state index contributed by atoms with van der Waals surface area (Å²) in [6, 6.07) is 0. The van der Waals surface area contributed by atoms with Crippen LogP contribution in [0.25, 0.3) is 0 Å². The summed E-state index contributed by atoms with van der Waals surface area (Å²) in [4.78, 5) is 0. The molecule has 218 valence electrons. The molecule has 0 aliphatic carbocycles. The van der Waals surface area contributed by atoms with Gasteiger partial charge in [0.05, 0.1) is 138 Å². The molecule has 0 aliphatic heterocycles. The van der Waals surface area contributed by atoms with Crippen molar-refractivity contribution in [3.05, 3.63) is 0 Å². The van der Waals surface area contributed by atoms with E-state index in [9.17, 15) is 0 Å². The lowest BCUT2D eigenvalue weighted by molar-refractivity contribution is -0.0285. The number of rotatable bonds is 32. The van der Waals surface area contributed by atoms with Gasteiger partial charge < -0.3 is 52.1 Å². The molecule has 0 spiro atoms. The van der Waals surface area contributed by atoms with Crippen LogP contribution >= 0.6 is 0 Å². The van der Waals surface area contributed by atoms with E-state index in [1.165, 1.54) is 0 Å². The predicted octanol–water partition coefficient (Wildman–Crippen LogP) is 1.60. The van der Waals surface area contributed by atoms with Crippen LogP contribution in [0.3, 0.4) is 0 Å². The molecule has 11 heteroatoms. The molecule has 36 heavy (non-hydrogen) atoms. The molecule has 0 N–H and O–H groups in total. The van der Waals surface area contributed by atoms with Gasteiger partial charge in [-0.1, -0.05) is 0 Å². The van der Waals surface area contributed by atoms with E-state index in [-0.39, 0.29) is 6.10 Å². The van der Waals surface area contributed by atoms with Gasteiger partial charge in [0.1, 0.15) is 0 Å². The summed E-state index contributed by atoms with van der Waals surface area (Å²) < 4.78 is 59.4. The highest BCUT2D eigenvalue weighted by atomic mass is 16.6. The van der Waals surface area contributed by atoms with Gasteiger partial charge in [-0.2, -0.15) is 0 Å². The third kappa shape index (κ3) is 33.6. The van der Waals surface area contributed by atoms with Crippen molar-refractivity contribution < 1.29 is 52.1 Å². The Balaban J connectivity index is 3.01. The SMILES string of the molecule is CCOCCOCCOCCOCCOCCOCCOCCOCCOCCOCCOC(C)C. The molecular formula is C25H52O11. The van der Waals surface area contributed by atoms with Gasteiger partial charge in [0.2, 0.25) is 0 Å². The molecule has 0 aromatic heterocycles. The van der Waals surface area contributed by atoms with Gasteiger partial charge in [-0.05, 0) is 20.8 Å². The Hall–Kier alpha value is -0.440. The van der Waals surface area contributed by atoms with Crippen LogP contribution in [0.5, 0.6) is 0 Å². The smallest absolute Gasteiger partial charge is 0.0703 e. The van der Waals surface area contributed by atoms with Crippen molar-refractivity contribution >= 4 is 0 Å². The highest BCUT2D eigenvalue weighted by Gasteiger charge is 1.96. The van der Waals surface area contributed by atoms with Crippen LogP contribution in [0.4, 0.5) is 0 Å². The van der Waals surface area contributed by atoms with Crippen molar-refractivity contribution in [2.75, 3.05) is 139 Å². The van der Waals surface area contributed by atoms with Crippen LogP contribution in [0.2, 0.25) is 0 Å². The highest BCUT2D eigenvalue weighted by molar-refractivity contribution is 4.39. The zero-order valence-corrected chi connectivity index (χ0v) is 22.9. The van der Waals surface area contributed by atoms with Gasteiger partial charge in [-0.15, -0.1) is 0 Å². The average Bonchev–Trinajstić information content (AvgIpc) is 2.87. The minimum absolute atomic E-state index is 0.236. The third-order valence-electron chi connectivity index (χ3n) is 4.23. The monoisotopic (exact) mass is 528 g/mol. The molecule has 0 saturated carbocycles. The summed E-state index contributed by atoms with van der Waals surface area (Å²) in [5.74, 6) is 0. The Morgan fingerprint density at radius 2 is 0.500 bits per heavy atom. The van der Waals surface area contributed by atoms with Crippen LogP contribution in [-0.2, 0) is 52.1 Å². The summed E-state index contributed by atoms with van der Waals surface area (Å²) in [7, 11) is 0. The number of ether oxygens (including phenoxy) is 11. The van der Waals surface area contributed by atoms with Crippen molar-refractivity contribution in [2.24, 2.45) is 0 Å². The first kappa shape index (κ1) is 35.6. The van der Waals surface area contributed by atoms with E-state index in [2.05, 4.69) is 0 Å². The molecule has 0 atom stereocenters. The number of hydrogen-bond donors (Lipinski definition) is 0. The standard InChI is InChI=1S/C25H52O11/c1-4-26-5-6-27-7-8-28-9-10-29-11-12-30-13-14-31-15-16-32-17-18-33-19-20-34-21-22-35-23-24-36-25(2)3/h25H,4-24H2,1-3H3. The van der Waals surface area contributed by atoms with Crippen LogP contribution in [-0.4, -0.2) is 145 Å². The lowest BCUT2D eigenvalue weighted by Crippen LogP contribution is -2.15. The predicted molar refractivity (Wildman–Crippen MR) is 135 cm³/mol. The topological polar surface area (TPSA) is 102 Å². The van der Waals surface area contributed by atoms with E-state index in [1.807, 2.05) is 20.8 Å². The van der Waals surface area contributed by atoms with E-state index in [0.717, 1.165) is 0 Å². The zero-order valence-electron chi connectivity index (χ0n) is 22.9. The maximum absolute atomic E-state index is 5.45.